The zero-order valence-electron chi connectivity index (χ0n) is 13.9. The molecule has 0 spiro atoms. The van der Waals surface area contributed by atoms with Crippen LogP contribution in [-0.4, -0.2) is 49.4 Å². The average molecular weight is 344 g/mol. The summed E-state index contributed by atoms with van der Waals surface area (Å²) in [5.41, 5.74) is 2.30. The minimum Gasteiger partial charge on any atom is -0.496 e. The minimum absolute atomic E-state index is 0.786. The van der Waals surface area contributed by atoms with E-state index < -0.39 is 0 Å². The summed E-state index contributed by atoms with van der Waals surface area (Å²) in [6, 6.07) is 16.0. The standard InChI is InChI=1S/C19H22ClN3O/c1-24-19-5-3-2-4-17(19)14-21-23-12-10-22(11-13-23)15-16-6-8-18(20)9-7-16/h2-9,14H,10-13,15H2,1H3. The Morgan fingerprint density at radius 1 is 1.04 bits per heavy atom. The van der Waals surface area contributed by atoms with Crippen molar-refractivity contribution in [3.8, 4) is 5.75 Å². The summed E-state index contributed by atoms with van der Waals surface area (Å²) in [7, 11) is 1.68. The first-order valence-corrected chi connectivity index (χ1v) is 8.51. The Hall–Kier alpha value is -2.04. The number of hydrogen-bond acceptors (Lipinski definition) is 4. The molecule has 0 radical (unpaired) electrons. The fourth-order valence-electron chi connectivity index (χ4n) is 2.78. The second-order valence-corrected chi connectivity index (χ2v) is 6.28. The molecule has 4 nitrogen and oxygen atoms in total. The molecule has 0 bridgehead atoms. The Kier molecular flexibility index (Phi) is 5.72. The predicted molar refractivity (Wildman–Crippen MR) is 98.9 cm³/mol. The second kappa shape index (κ2) is 8.18. The molecule has 1 aliphatic rings. The maximum Gasteiger partial charge on any atom is 0.127 e. The number of hydrogen-bond donors (Lipinski definition) is 0. The van der Waals surface area contributed by atoms with Crippen molar-refractivity contribution in [2.45, 2.75) is 6.54 Å². The third kappa shape index (κ3) is 4.49. The molecule has 1 aliphatic heterocycles. The van der Waals surface area contributed by atoms with Gasteiger partial charge in [-0.15, -0.1) is 0 Å². The molecule has 0 aromatic heterocycles. The number of piperazine rings is 1. The molecule has 3 rings (SSSR count). The van der Waals surface area contributed by atoms with Crippen LogP contribution in [0, 0.1) is 0 Å². The van der Waals surface area contributed by atoms with Crippen molar-refractivity contribution in [3.63, 3.8) is 0 Å². The Bertz CT molecular complexity index is 679. The molecule has 24 heavy (non-hydrogen) atoms. The SMILES string of the molecule is COc1ccccc1C=NN1CCN(Cc2ccc(Cl)cc2)CC1. The van der Waals surface area contributed by atoms with E-state index in [-0.39, 0.29) is 0 Å². The number of benzene rings is 2. The van der Waals surface area contributed by atoms with Crippen molar-refractivity contribution in [2.75, 3.05) is 33.3 Å². The van der Waals surface area contributed by atoms with Gasteiger partial charge in [0, 0.05) is 43.3 Å². The van der Waals surface area contributed by atoms with Gasteiger partial charge in [-0.05, 0) is 29.8 Å². The van der Waals surface area contributed by atoms with E-state index in [0.29, 0.717) is 0 Å². The largest absolute Gasteiger partial charge is 0.496 e. The van der Waals surface area contributed by atoms with Gasteiger partial charge in [0.2, 0.25) is 0 Å². The lowest BCUT2D eigenvalue weighted by Gasteiger charge is -2.33. The van der Waals surface area contributed by atoms with E-state index in [2.05, 4.69) is 27.1 Å². The van der Waals surface area contributed by atoms with Crippen molar-refractivity contribution >= 4 is 17.8 Å². The number of ether oxygens (including phenoxy) is 1. The highest BCUT2D eigenvalue weighted by molar-refractivity contribution is 6.30. The molecule has 0 N–H and O–H groups in total. The number of hydrazone groups is 1. The van der Waals surface area contributed by atoms with Gasteiger partial charge in [-0.25, -0.2) is 0 Å². The molecule has 0 unspecified atom stereocenters. The molecule has 0 atom stereocenters. The van der Waals surface area contributed by atoms with E-state index >= 15 is 0 Å². The normalized spacial score (nSPS) is 15.8. The maximum atomic E-state index is 5.94. The van der Waals surface area contributed by atoms with Gasteiger partial charge in [0.1, 0.15) is 5.75 Å². The fourth-order valence-corrected chi connectivity index (χ4v) is 2.90. The summed E-state index contributed by atoms with van der Waals surface area (Å²) in [5, 5.41) is 7.50. The second-order valence-electron chi connectivity index (χ2n) is 5.84. The van der Waals surface area contributed by atoms with Crippen LogP contribution in [0.2, 0.25) is 5.02 Å². The first kappa shape index (κ1) is 16.8. The smallest absolute Gasteiger partial charge is 0.127 e. The van der Waals surface area contributed by atoms with Crippen LogP contribution < -0.4 is 4.74 Å². The Labute approximate surface area is 148 Å². The highest BCUT2D eigenvalue weighted by Gasteiger charge is 2.15. The minimum atomic E-state index is 0.786. The lowest BCUT2D eigenvalue weighted by molar-refractivity contribution is 0.131. The lowest BCUT2D eigenvalue weighted by Crippen LogP contribution is -2.43. The summed E-state index contributed by atoms with van der Waals surface area (Å²) in [4.78, 5) is 2.44. The fraction of sp³-hybridized carbons (Fsp3) is 0.316. The molecule has 1 heterocycles. The molecule has 2 aromatic carbocycles. The Morgan fingerprint density at radius 3 is 2.46 bits per heavy atom. The van der Waals surface area contributed by atoms with E-state index in [0.717, 1.165) is 49.1 Å². The van der Waals surface area contributed by atoms with Crippen LogP contribution in [0.3, 0.4) is 0 Å². The molecule has 126 valence electrons. The van der Waals surface area contributed by atoms with E-state index in [1.165, 1.54) is 5.56 Å². The van der Waals surface area contributed by atoms with Crippen molar-refractivity contribution in [1.82, 2.24) is 9.91 Å². The molecule has 1 saturated heterocycles. The summed E-state index contributed by atoms with van der Waals surface area (Å²) in [5.74, 6) is 0.850. The third-order valence-corrected chi connectivity index (χ3v) is 4.42. The number of nitrogens with zero attached hydrogens (tertiary/aromatic N) is 3. The molecule has 0 saturated carbocycles. The number of methoxy groups -OCH3 is 1. The van der Waals surface area contributed by atoms with Crippen LogP contribution in [0.5, 0.6) is 5.75 Å². The van der Waals surface area contributed by atoms with Gasteiger partial charge in [-0.1, -0.05) is 35.9 Å². The van der Waals surface area contributed by atoms with Crippen molar-refractivity contribution in [2.24, 2.45) is 5.10 Å². The van der Waals surface area contributed by atoms with E-state index in [1.807, 2.05) is 42.6 Å². The van der Waals surface area contributed by atoms with Crippen molar-refractivity contribution in [1.29, 1.82) is 0 Å². The van der Waals surface area contributed by atoms with Gasteiger partial charge < -0.3 is 4.74 Å². The summed E-state index contributed by atoms with van der Waals surface area (Å²) in [6.07, 6.45) is 1.88. The molecular formula is C19H22ClN3O. The Balaban J connectivity index is 1.51. The summed E-state index contributed by atoms with van der Waals surface area (Å²) < 4.78 is 5.35. The number of rotatable bonds is 5. The van der Waals surface area contributed by atoms with Gasteiger partial charge in [0.25, 0.3) is 0 Å². The molecular weight excluding hydrogens is 322 g/mol. The highest BCUT2D eigenvalue weighted by atomic mass is 35.5. The van der Waals surface area contributed by atoms with E-state index in [4.69, 9.17) is 16.3 Å². The van der Waals surface area contributed by atoms with Gasteiger partial charge in [0.05, 0.1) is 13.3 Å². The zero-order chi connectivity index (χ0) is 16.8. The van der Waals surface area contributed by atoms with Crippen molar-refractivity contribution in [3.05, 3.63) is 64.7 Å². The van der Waals surface area contributed by atoms with Gasteiger partial charge in [0.15, 0.2) is 0 Å². The van der Waals surface area contributed by atoms with Crippen LogP contribution in [-0.2, 0) is 6.54 Å². The molecule has 0 amide bonds. The Morgan fingerprint density at radius 2 is 1.75 bits per heavy atom. The van der Waals surface area contributed by atoms with Crippen LogP contribution in [0.15, 0.2) is 53.6 Å². The monoisotopic (exact) mass is 343 g/mol. The zero-order valence-corrected chi connectivity index (χ0v) is 14.6. The van der Waals surface area contributed by atoms with Crippen LogP contribution in [0.4, 0.5) is 0 Å². The first-order valence-electron chi connectivity index (χ1n) is 8.13. The number of halogens is 1. The summed E-state index contributed by atoms with van der Waals surface area (Å²) in [6.45, 7) is 4.83. The topological polar surface area (TPSA) is 28.1 Å². The van der Waals surface area contributed by atoms with Gasteiger partial charge >= 0.3 is 0 Å². The van der Waals surface area contributed by atoms with Crippen LogP contribution >= 0.6 is 11.6 Å². The molecule has 5 heteroatoms. The van der Waals surface area contributed by atoms with E-state index in [9.17, 15) is 0 Å². The summed E-state index contributed by atoms with van der Waals surface area (Å²) >= 11 is 5.94. The van der Waals surface area contributed by atoms with Crippen LogP contribution in [0.1, 0.15) is 11.1 Å². The average Bonchev–Trinajstić information content (AvgIpc) is 2.63. The third-order valence-electron chi connectivity index (χ3n) is 4.17. The van der Waals surface area contributed by atoms with Crippen molar-refractivity contribution < 1.29 is 4.74 Å². The maximum absolute atomic E-state index is 5.94. The van der Waals surface area contributed by atoms with E-state index in [1.54, 1.807) is 7.11 Å². The highest BCUT2D eigenvalue weighted by Crippen LogP contribution is 2.16. The molecule has 1 fully saturated rings. The number of para-hydroxylation sites is 1. The van der Waals surface area contributed by atoms with Crippen LogP contribution in [0.25, 0.3) is 0 Å². The lowest BCUT2D eigenvalue weighted by atomic mass is 10.2. The molecule has 2 aromatic rings. The quantitative estimate of drug-likeness (QED) is 0.778. The van der Waals surface area contributed by atoms with Gasteiger partial charge in [-0.3, -0.25) is 9.91 Å². The molecule has 0 aliphatic carbocycles. The predicted octanol–water partition coefficient (Wildman–Crippen LogP) is 3.50. The van der Waals surface area contributed by atoms with Gasteiger partial charge in [-0.2, -0.15) is 5.10 Å². The first-order chi connectivity index (χ1) is 11.7.